The zero-order valence-corrected chi connectivity index (χ0v) is 14.3. The zero-order chi connectivity index (χ0) is 18.1. The van der Waals surface area contributed by atoms with Crippen molar-refractivity contribution in [2.45, 2.75) is 13.3 Å². The lowest BCUT2D eigenvalue weighted by atomic mass is 10.1. The van der Waals surface area contributed by atoms with Crippen LogP contribution in [0.15, 0.2) is 60.9 Å². The van der Waals surface area contributed by atoms with Gasteiger partial charge < -0.3 is 0 Å². The molecule has 3 heterocycles. The number of pyridine rings is 2. The molecular formula is C21H17N3O2. The van der Waals surface area contributed by atoms with Gasteiger partial charge >= 0.3 is 0 Å². The summed E-state index contributed by atoms with van der Waals surface area (Å²) in [5, 5.41) is 0. The summed E-state index contributed by atoms with van der Waals surface area (Å²) in [6, 6.07) is 14.7. The molecule has 0 saturated carbocycles. The highest BCUT2D eigenvalue weighted by molar-refractivity contribution is 6.21. The molecule has 2 aromatic heterocycles. The molecule has 4 rings (SSSR count). The number of rotatable bonds is 4. The van der Waals surface area contributed by atoms with Crippen LogP contribution in [0, 0.1) is 6.92 Å². The predicted molar refractivity (Wildman–Crippen MR) is 97.7 cm³/mol. The van der Waals surface area contributed by atoms with Gasteiger partial charge in [-0.05, 0) is 60.9 Å². The van der Waals surface area contributed by atoms with Crippen LogP contribution in [0.25, 0.3) is 11.4 Å². The third kappa shape index (κ3) is 2.88. The monoisotopic (exact) mass is 343 g/mol. The number of imide groups is 1. The second kappa shape index (κ2) is 6.52. The summed E-state index contributed by atoms with van der Waals surface area (Å²) in [4.78, 5) is 34.9. The van der Waals surface area contributed by atoms with Crippen LogP contribution in [0.2, 0.25) is 0 Å². The molecule has 1 aliphatic rings. The van der Waals surface area contributed by atoms with Crippen molar-refractivity contribution in [3.05, 3.63) is 83.2 Å². The highest BCUT2D eigenvalue weighted by Gasteiger charge is 2.34. The Bertz CT molecular complexity index is 978. The second-order valence-electron chi connectivity index (χ2n) is 6.33. The van der Waals surface area contributed by atoms with Crippen molar-refractivity contribution < 1.29 is 9.59 Å². The minimum Gasteiger partial charge on any atom is -0.274 e. The largest absolute Gasteiger partial charge is 0.274 e. The fraction of sp³-hybridized carbons (Fsp3) is 0.143. The van der Waals surface area contributed by atoms with Crippen molar-refractivity contribution in [1.29, 1.82) is 0 Å². The number of amides is 2. The van der Waals surface area contributed by atoms with Crippen LogP contribution in [-0.4, -0.2) is 33.2 Å². The number of nitrogens with zero attached hydrogens (tertiary/aromatic N) is 3. The van der Waals surface area contributed by atoms with Crippen molar-refractivity contribution in [2.75, 3.05) is 6.54 Å². The summed E-state index contributed by atoms with van der Waals surface area (Å²) in [7, 11) is 0. The van der Waals surface area contributed by atoms with Gasteiger partial charge in [-0.3, -0.25) is 24.5 Å². The fourth-order valence-electron chi connectivity index (χ4n) is 3.13. The van der Waals surface area contributed by atoms with Gasteiger partial charge in [-0.1, -0.05) is 12.1 Å². The van der Waals surface area contributed by atoms with Gasteiger partial charge in [0.2, 0.25) is 0 Å². The third-order valence-corrected chi connectivity index (χ3v) is 4.50. The molecule has 128 valence electrons. The highest BCUT2D eigenvalue weighted by atomic mass is 16.2. The van der Waals surface area contributed by atoms with Crippen LogP contribution in [0.1, 0.15) is 31.8 Å². The first-order valence-corrected chi connectivity index (χ1v) is 8.46. The first-order chi connectivity index (χ1) is 12.6. The molecule has 5 heteroatoms. The van der Waals surface area contributed by atoms with Crippen molar-refractivity contribution in [3.63, 3.8) is 0 Å². The number of fused-ring (bicyclic) bond motifs is 1. The Labute approximate surface area is 151 Å². The van der Waals surface area contributed by atoms with Crippen LogP contribution in [-0.2, 0) is 6.42 Å². The quantitative estimate of drug-likeness (QED) is 0.682. The van der Waals surface area contributed by atoms with Crippen LogP contribution >= 0.6 is 0 Å². The average molecular weight is 343 g/mol. The lowest BCUT2D eigenvalue weighted by Gasteiger charge is -2.14. The summed E-state index contributed by atoms with van der Waals surface area (Å²) in [6.45, 7) is 2.36. The maximum atomic E-state index is 12.4. The molecular weight excluding hydrogens is 326 g/mol. The Morgan fingerprint density at radius 2 is 1.46 bits per heavy atom. The molecule has 0 radical (unpaired) electrons. The Morgan fingerprint density at radius 1 is 0.846 bits per heavy atom. The Morgan fingerprint density at radius 3 is 2.12 bits per heavy atom. The zero-order valence-electron chi connectivity index (χ0n) is 14.3. The Hall–Kier alpha value is -3.34. The second-order valence-corrected chi connectivity index (χ2v) is 6.33. The Kier molecular flexibility index (Phi) is 4.05. The van der Waals surface area contributed by atoms with Crippen molar-refractivity contribution in [3.8, 4) is 11.4 Å². The molecule has 0 aliphatic carbocycles. The number of hydrogen-bond acceptors (Lipinski definition) is 4. The smallest absolute Gasteiger partial charge is 0.261 e. The minimum atomic E-state index is -0.222. The molecule has 0 saturated heterocycles. The van der Waals surface area contributed by atoms with Gasteiger partial charge in [0, 0.05) is 18.9 Å². The van der Waals surface area contributed by atoms with E-state index in [1.807, 2.05) is 31.2 Å². The maximum absolute atomic E-state index is 12.4. The van der Waals surface area contributed by atoms with E-state index in [1.165, 1.54) is 4.90 Å². The van der Waals surface area contributed by atoms with Crippen LogP contribution in [0.5, 0.6) is 0 Å². The normalized spacial score (nSPS) is 13.2. The molecule has 1 aromatic carbocycles. The van der Waals surface area contributed by atoms with E-state index in [4.69, 9.17) is 0 Å². The minimum absolute atomic E-state index is 0.222. The van der Waals surface area contributed by atoms with E-state index in [2.05, 4.69) is 9.97 Å². The molecule has 0 N–H and O–H groups in total. The summed E-state index contributed by atoms with van der Waals surface area (Å²) >= 11 is 0. The third-order valence-electron chi connectivity index (χ3n) is 4.50. The van der Waals surface area contributed by atoms with E-state index in [9.17, 15) is 9.59 Å². The molecule has 5 nitrogen and oxygen atoms in total. The lowest BCUT2D eigenvalue weighted by molar-refractivity contribution is 0.0656. The van der Waals surface area contributed by atoms with Crippen molar-refractivity contribution in [1.82, 2.24) is 14.9 Å². The molecule has 1 aliphatic heterocycles. The van der Waals surface area contributed by atoms with Crippen molar-refractivity contribution >= 4 is 11.8 Å². The maximum Gasteiger partial charge on any atom is 0.261 e. The van der Waals surface area contributed by atoms with Gasteiger partial charge in [0.05, 0.1) is 22.5 Å². The van der Waals surface area contributed by atoms with E-state index in [1.54, 1.807) is 36.7 Å². The van der Waals surface area contributed by atoms with E-state index in [-0.39, 0.29) is 11.8 Å². The summed E-state index contributed by atoms with van der Waals surface area (Å²) < 4.78 is 0. The van der Waals surface area contributed by atoms with Crippen LogP contribution < -0.4 is 0 Å². The molecule has 0 spiro atoms. The summed E-state index contributed by atoms with van der Waals surface area (Å²) in [5.41, 5.74) is 4.69. The van der Waals surface area contributed by atoms with E-state index in [0.717, 1.165) is 22.5 Å². The molecule has 26 heavy (non-hydrogen) atoms. The van der Waals surface area contributed by atoms with E-state index < -0.39 is 0 Å². The lowest BCUT2D eigenvalue weighted by Crippen LogP contribution is -2.31. The average Bonchev–Trinajstić information content (AvgIpc) is 2.91. The van der Waals surface area contributed by atoms with Gasteiger partial charge in [-0.25, -0.2) is 0 Å². The van der Waals surface area contributed by atoms with Gasteiger partial charge in [0.15, 0.2) is 0 Å². The number of benzene rings is 1. The molecule has 0 bridgehead atoms. The summed E-state index contributed by atoms with van der Waals surface area (Å²) in [5.74, 6) is -0.444. The SMILES string of the molecule is Cc1ccnc(-c2cc(CCN3C(=O)c4ccccc4C3=O)ccn2)c1. The molecule has 0 fully saturated rings. The summed E-state index contributed by atoms with van der Waals surface area (Å²) in [6.07, 6.45) is 4.07. The number of hydrogen-bond donors (Lipinski definition) is 0. The van der Waals surface area contributed by atoms with Crippen molar-refractivity contribution in [2.24, 2.45) is 0 Å². The number of aryl methyl sites for hydroxylation is 1. The predicted octanol–water partition coefficient (Wildman–Crippen LogP) is 3.29. The number of aromatic nitrogens is 2. The molecule has 0 atom stereocenters. The van der Waals surface area contributed by atoms with Gasteiger partial charge in [0.25, 0.3) is 11.8 Å². The van der Waals surface area contributed by atoms with E-state index >= 15 is 0 Å². The van der Waals surface area contributed by atoms with Crippen LogP contribution in [0.4, 0.5) is 0 Å². The highest BCUT2D eigenvalue weighted by Crippen LogP contribution is 2.23. The Balaban J connectivity index is 1.52. The van der Waals surface area contributed by atoms with Crippen LogP contribution in [0.3, 0.4) is 0 Å². The molecule has 3 aromatic rings. The van der Waals surface area contributed by atoms with E-state index in [0.29, 0.717) is 24.1 Å². The van der Waals surface area contributed by atoms with Gasteiger partial charge in [0.1, 0.15) is 0 Å². The number of carbonyl (C=O) groups is 2. The fourth-order valence-corrected chi connectivity index (χ4v) is 3.13. The number of carbonyl (C=O) groups excluding carboxylic acids is 2. The molecule has 2 amide bonds. The van der Waals surface area contributed by atoms with Gasteiger partial charge in [-0.15, -0.1) is 0 Å². The first-order valence-electron chi connectivity index (χ1n) is 8.46. The van der Waals surface area contributed by atoms with Gasteiger partial charge in [-0.2, -0.15) is 0 Å². The standard InChI is InChI=1S/C21H17N3O2/c1-14-6-9-22-18(12-14)19-13-15(7-10-23-19)8-11-24-20(25)16-4-2-3-5-17(16)21(24)26/h2-7,9-10,12-13H,8,11H2,1H3. The topological polar surface area (TPSA) is 63.2 Å². The first kappa shape index (κ1) is 16.1. The molecule has 0 unspecified atom stereocenters.